The molecule has 1 heterocycles. The van der Waals surface area contributed by atoms with Crippen molar-refractivity contribution in [3.05, 3.63) is 40.9 Å². The molecular formula is C18H24N6O5S. The summed E-state index contributed by atoms with van der Waals surface area (Å²) in [4.78, 5) is 36.7. The van der Waals surface area contributed by atoms with Crippen LogP contribution in [-0.4, -0.2) is 52.7 Å². The molecule has 1 aromatic heterocycles. The SMILES string of the molecule is CC(=O)Nc1nc(CCc2ccc(NCCNC(NC(=O)O)NC(=O)O)cc2)cs1. The Balaban J connectivity index is 1.72. The zero-order valence-electron chi connectivity index (χ0n) is 16.3. The molecule has 0 aliphatic heterocycles. The molecule has 0 bridgehead atoms. The molecule has 0 saturated heterocycles. The van der Waals surface area contributed by atoms with E-state index in [1.54, 1.807) is 0 Å². The minimum atomic E-state index is -1.34. The summed E-state index contributed by atoms with van der Waals surface area (Å²) in [5.41, 5.74) is 2.96. The summed E-state index contributed by atoms with van der Waals surface area (Å²) in [6.45, 7) is 2.24. The second-order valence-electron chi connectivity index (χ2n) is 6.23. The van der Waals surface area contributed by atoms with Crippen molar-refractivity contribution in [2.45, 2.75) is 26.1 Å². The van der Waals surface area contributed by atoms with Crippen molar-refractivity contribution >= 4 is 40.2 Å². The first kappa shape index (κ1) is 22.9. The maximum atomic E-state index is 11.0. The molecule has 1 aromatic carbocycles. The van der Waals surface area contributed by atoms with Gasteiger partial charge >= 0.3 is 12.2 Å². The molecule has 7 N–H and O–H groups in total. The number of anilines is 2. The van der Waals surface area contributed by atoms with Crippen LogP contribution in [0.2, 0.25) is 0 Å². The maximum absolute atomic E-state index is 11.0. The van der Waals surface area contributed by atoms with Crippen molar-refractivity contribution in [1.82, 2.24) is 20.9 Å². The van der Waals surface area contributed by atoms with E-state index in [1.165, 1.54) is 18.3 Å². The molecule has 12 heteroatoms. The van der Waals surface area contributed by atoms with Crippen LogP contribution in [0.25, 0.3) is 0 Å². The van der Waals surface area contributed by atoms with Crippen LogP contribution in [0.5, 0.6) is 0 Å². The van der Waals surface area contributed by atoms with Crippen molar-refractivity contribution in [2.24, 2.45) is 0 Å². The molecule has 162 valence electrons. The van der Waals surface area contributed by atoms with Crippen LogP contribution in [0, 0.1) is 0 Å². The van der Waals surface area contributed by atoms with Crippen molar-refractivity contribution in [3.8, 4) is 0 Å². The van der Waals surface area contributed by atoms with Crippen LogP contribution in [0.4, 0.5) is 20.4 Å². The molecule has 0 fully saturated rings. The lowest BCUT2D eigenvalue weighted by molar-refractivity contribution is -0.114. The average molecular weight is 436 g/mol. The average Bonchev–Trinajstić information content (AvgIpc) is 3.10. The van der Waals surface area contributed by atoms with Gasteiger partial charge in [0.1, 0.15) is 0 Å². The quantitative estimate of drug-likeness (QED) is 0.207. The topological polar surface area (TPSA) is 165 Å². The lowest BCUT2D eigenvalue weighted by atomic mass is 10.1. The number of hydrogen-bond acceptors (Lipinski definition) is 7. The fourth-order valence-electron chi connectivity index (χ4n) is 2.50. The van der Waals surface area contributed by atoms with E-state index in [4.69, 9.17) is 10.2 Å². The Morgan fingerprint density at radius 3 is 2.30 bits per heavy atom. The van der Waals surface area contributed by atoms with Crippen molar-refractivity contribution in [3.63, 3.8) is 0 Å². The Morgan fingerprint density at radius 2 is 1.70 bits per heavy atom. The molecule has 0 atom stereocenters. The van der Waals surface area contributed by atoms with E-state index >= 15 is 0 Å². The number of carbonyl (C=O) groups is 3. The standard InChI is InChI=1S/C18H24N6O5S/c1-11(25)21-16-22-14(10-30-16)7-4-12-2-5-13(6-3-12)19-8-9-20-15(23-17(26)27)24-18(28)29/h2-3,5-6,10,15,19-20,23-24H,4,7-9H2,1H3,(H,26,27)(H,28,29)(H,21,22,25). The molecule has 0 saturated carbocycles. The zero-order chi connectivity index (χ0) is 21.9. The summed E-state index contributed by atoms with van der Waals surface area (Å²) in [6, 6.07) is 7.86. The van der Waals surface area contributed by atoms with Crippen molar-refractivity contribution in [2.75, 3.05) is 23.7 Å². The number of carbonyl (C=O) groups excluding carboxylic acids is 1. The highest BCUT2D eigenvalue weighted by Crippen LogP contribution is 2.17. The highest BCUT2D eigenvalue weighted by Gasteiger charge is 2.12. The van der Waals surface area contributed by atoms with Gasteiger partial charge in [0.05, 0.1) is 5.69 Å². The van der Waals surface area contributed by atoms with Gasteiger partial charge in [-0.2, -0.15) is 0 Å². The van der Waals surface area contributed by atoms with Gasteiger partial charge in [0.15, 0.2) is 11.4 Å². The van der Waals surface area contributed by atoms with Gasteiger partial charge in [0, 0.05) is 31.1 Å². The third-order valence-corrected chi connectivity index (χ3v) is 4.60. The summed E-state index contributed by atoms with van der Waals surface area (Å²) in [7, 11) is 0. The fourth-order valence-corrected chi connectivity index (χ4v) is 3.29. The lowest BCUT2D eigenvalue weighted by Crippen LogP contribution is -2.56. The summed E-state index contributed by atoms with van der Waals surface area (Å²) in [5, 5.41) is 32.5. The minimum absolute atomic E-state index is 0.138. The Labute approximate surface area is 176 Å². The first-order valence-corrected chi connectivity index (χ1v) is 9.97. The zero-order valence-corrected chi connectivity index (χ0v) is 17.1. The van der Waals surface area contributed by atoms with Crippen LogP contribution in [0.1, 0.15) is 18.2 Å². The Morgan fingerprint density at radius 1 is 1.03 bits per heavy atom. The summed E-state index contributed by atoms with van der Waals surface area (Å²) < 4.78 is 0. The molecule has 30 heavy (non-hydrogen) atoms. The number of nitrogens with one attached hydrogen (secondary N) is 5. The first-order chi connectivity index (χ1) is 14.3. The third kappa shape index (κ3) is 8.75. The van der Waals surface area contributed by atoms with Gasteiger partial charge in [-0.25, -0.2) is 14.6 Å². The predicted octanol–water partition coefficient (Wildman–Crippen LogP) is 1.71. The molecule has 0 unspecified atom stereocenters. The second kappa shape index (κ2) is 11.6. The highest BCUT2D eigenvalue weighted by atomic mass is 32.1. The Hall–Kier alpha value is -3.38. The van der Waals surface area contributed by atoms with E-state index in [2.05, 4.69) is 20.9 Å². The summed E-state index contributed by atoms with van der Waals surface area (Å²) >= 11 is 1.40. The number of aryl methyl sites for hydroxylation is 2. The molecule has 0 aliphatic rings. The van der Waals surface area contributed by atoms with Crippen molar-refractivity contribution < 1.29 is 24.6 Å². The van der Waals surface area contributed by atoms with Gasteiger partial charge in [-0.15, -0.1) is 11.3 Å². The smallest absolute Gasteiger partial charge is 0.407 e. The van der Waals surface area contributed by atoms with E-state index in [0.29, 0.717) is 18.2 Å². The number of hydrogen-bond donors (Lipinski definition) is 7. The lowest BCUT2D eigenvalue weighted by Gasteiger charge is -2.18. The summed E-state index contributed by atoms with van der Waals surface area (Å²) in [6.07, 6.45) is -2.20. The highest BCUT2D eigenvalue weighted by molar-refractivity contribution is 7.13. The number of aromatic nitrogens is 1. The van der Waals surface area contributed by atoms with Gasteiger partial charge in [0.25, 0.3) is 0 Å². The largest absolute Gasteiger partial charge is 0.465 e. The second-order valence-corrected chi connectivity index (χ2v) is 7.09. The number of amides is 3. The summed E-state index contributed by atoms with van der Waals surface area (Å²) in [5.74, 6) is -0.138. The molecule has 11 nitrogen and oxygen atoms in total. The molecular weight excluding hydrogens is 412 g/mol. The molecule has 0 aliphatic carbocycles. The monoisotopic (exact) mass is 436 g/mol. The van der Waals surface area contributed by atoms with E-state index in [1.807, 2.05) is 40.3 Å². The molecule has 2 rings (SSSR count). The van der Waals surface area contributed by atoms with Gasteiger partial charge in [0.2, 0.25) is 5.91 Å². The molecule has 3 amide bonds. The molecule has 2 aromatic rings. The number of nitrogens with zero attached hydrogens (tertiary/aromatic N) is 1. The van der Waals surface area contributed by atoms with Crippen LogP contribution in [0.3, 0.4) is 0 Å². The molecule has 0 radical (unpaired) electrons. The van der Waals surface area contributed by atoms with Crippen molar-refractivity contribution in [1.29, 1.82) is 0 Å². The molecule has 0 spiro atoms. The maximum Gasteiger partial charge on any atom is 0.407 e. The van der Waals surface area contributed by atoms with Crippen LogP contribution < -0.4 is 26.6 Å². The normalized spacial score (nSPS) is 10.5. The van der Waals surface area contributed by atoms with Crippen LogP contribution >= 0.6 is 11.3 Å². The van der Waals surface area contributed by atoms with E-state index in [0.717, 1.165) is 29.8 Å². The number of carboxylic acid groups (broad SMARTS) is 2. The van der Waals surface area contributed by atoms with E-state index in [-0.39, 0.29) is 5.91 Å². The van der Waals surface area contributed by atoms with Gasteiger partial charge in [-0.05, 0) is 30.5 Å². The minimum Gasteiger partial charge on any atom is -0.465 e. The van der Waals surface area contributed by atoms with E-state index in [9.17, 15) is 14.4 Å². The fraction of sp³-hybridized carbons (Fsp3) is 0.333. The van der Waals surface area contributed by atoms with Gasteiger partial charge in [-0.1, -0.05) is 12.1 Å². The van der Waals surface area contributed by atoms with Crippen LogP contribution in [0.15, 0.2) is 29.6 Å². The Kier molecular flexibility index (Phi) is 8.84. The number of benzene rings is 1. The first-order valence-electron chi connectivity index (χ1n) is 9.09. The van der Waals surface area contributed by atoms with Gasteiger partial charge in [-0.3, -0.25) is 20.7 Å². The van der Waals surface area contributed by atoms with E-state index < -0.39 is 18.5 Å². The number of thiazole rings is 1. The predicted molar refractivity (Wildman–Crippen MR) is 113 cm³/mol. The number of rotatable bonds is 11. The third-order valence-electron chi connectivity index (χ3n) is 3.80. The Bertz CT molecular complexity index is 841. The van der Waals surface area contributed by atoms with Crippen LogP contribution in [-0.2, 0) is 17.6 Å². The van der Waals surface area contributed by atoms with Gasteiger partial charge < -0.3 is 20.8 Å².